The van der Waals surface area contributed by atoms with E-state index in [1.807, 2.05) is 58.0 Å². The van der Waals surface area contributed by atoms with Crippen molar-refractivity contribution in [2.75, 3.05) is 28.8 Å². The van der Waals surface area contributed by atoms with E-state index < -0.39 is 9.84 Å². The molecule has 204 valence electrons. The Hall–Kier alpha value is -4.19. The number of nitrogens with zero attached hydrogens (tertiary/aromatic N) is 4. The van der Waals surface area contributed by atoms with E-state index in [-0.39, 0.29) is 5.75 Å². The van der Waals surface area contributed by atoms with Gasteiger partial charge < -0.3 is 16.0 Å². The van der Waals surface area contributed by atoms with Gasteiger partial charge in [-0.1, -0.05) is 30.3 Å². The minimum atomic E-state index is -2.98. The van der Waals surface area contributed by atoms with Gasteiger partial charge in [0.25, 0.3) is 0 Å². The van der Waals surface area contributed by atoms with Crippen LogP contribution in [0.3, 0.4) is 0 Å². The second kappa shape index (κ2) is 11.1. The van der Waals surface area contributed by atoms with Crippen molar-refractivity contribution in [2.24, 2.45) is 0 Å². The van der Waals surface area contributed by atoms with E-state index in [1.165, 1.54) is 11.8 Å². The lowest BCUT2D eigenvalue weighted by atomic mass is 10.0. The van der Waals surface area contributed by atoms with Crippen LogP contribution in [0.1, 0.15) is 11.3 Å². The Balaban J connectivity index is 1.15. The minimum absolute atomic E-state index is 0.110. The van der Waals surface area contributed by atoms with Gasteiger partial charge in [-0.2, -0.15) is 5.10 Å². The second-order valence-corrected chi connectivity index (χ2v) is 12.8. The van der Waals surface area contributed by atoms with Gasteiger partial charge in [0, 0.05) is 71.7 Å². The molecule has 0 atom stereocenters. The highest BCUT2D eigenvalue weighted by atomic mass is 32.2. The first kappa shape index (κ1) is 26.1. The first-order chi connectivity index (χ1) is 19.4. The van der Waals surface area contributed by atoms with Gasteiger partial charge >= 0.3 is 0 Å². The van der Waals surface area contributed by atoms with Crippen LogP contribution in [0.5, 0.6) is 0 Å². The lowest BCUT2D eigenvalue weighted by molar-refractivity contribution is 0.596. The van der Waals surface area contributed by atoms with Crippen molar-refractivity contribution in [3.05, 3.63) is 119 Å². The van der Waals surface area contributed by atoms with Crippen LogP contribution in [0, 0.1) is 0 Å². The first-order valence-electron chi connectivity index (χ1n) is 12.9. The molecule has 2 aliphatic heterocycles. The largest absolute Gasteiger partial charge is 0.365 e. The quantitative estimate of drug-likeness (QED) is 0.242. The van der Waals surface area contributed by atoms with Crippen LogP contribution in [-0.2, 0) is 22.9 Å². The molecule has 2 aromatic heterocycles. The lowest BCUT2D eigenvalue weighted by Crippen LogP contribution is -2.22. The van der Waals surface area contributed by atoms with Gasteiger partial charge in [-0.3, -0.25) is 9.58 Å². The van der Waals surface area contributed by atoms with E-state index in [0.29, 0.717) is 13.1 Å². The molecule has 0 spiro atoms. The first-order valence-corrected chi connectivity index (χ1v) is 15.8. The summed E-state index contributed by atoms with van der Waals surface area (Å²) in [6.07, 6.45) is 13.2. The number of thiazole rings is 1. The van der Waals surface area contributed by atoms with E-state index >= 15 is 0 Å². The standard InChI is InChI=1S/C29H29N7O2S2/c1-40(37,38)12-10-30-16-25-20-39-29(34-25)35-11-9-22-14-31-17-27(26(22)19-35)33-24-7-8-28-23(13-24)15-32-36(28)18-21-5-3-2-4-6-21/h2-9,11,13-15,17,19-20,30-31,33H,10,12,16,18H2,1H3. The number of allylic oxidation sites excluding steroid dienone is 2. The molecule has 4 heterocycles. The van der Waals surface area contributed by atoms with E-state index in [1.54, 1.807) is 11.3 Å². The van der Waals surface area contributed by atoms with Crippen molar-refractivity contribution in [2.45, 2.75) is 13.1 Å². The lowest BCUT2D eigenvalue weighted by Gasteiger charge is -2.26. The number of dihydropyridines is 1. The predicted molar refractivity (Wildman–Crippen MR) is 161 cm³/mol. The molecule has 3 N–H and O–H groups in total. The Morgan fingerprint density at radius 2 is 1.98 bits per heavy atom. The highest BCUT2D eigenvalue weighted by Gasteiger charge is 2.20. The average Bonchev–Trinajstić information content (AvgIpc) is 3.58. The van der Waals surface area contributed by atoms with Gasteiger partial charge in [0.1, 0.15) is 9.84 Å². The molecule has 0 saturated heterocycles. The van der Waals surface area contributed by atoms with Crippen LogP contribution >= 0.6 is 11.3 Å². The summed E-state index contributed by atoms with van der Waals surface area (Å²) in [6.45, 7) is 1.65. The van der Waals surface area contributed by atoms with Crippen LogP contribution in [-0.4, -0.2) is 41.7 Å². The van der Waals surface area contributed by atoms with Crippen molar-refractivity contribution >= 4 is 42.9 Å². The molecule has 4 aromatic rings. The molecule has 0 radical (unpaired) electrons. The molecule has 9 nitrogen and oxygen atoms in total. The van der Waals surface area contributed by atoms with Crippen LogP contribution < -0.4 is 20.9 Å². The molecule has 2 aliphatic rings. The number of rotatable bonds is 10. The summed E-state index contributed by atoms with van der Waals surface area (Å²) in [5.41, 5.74) is 7.21. The third-order valence-corrected chi connectivity index (χ3v) is 8.41. The molecular formula is C29H29N7O2S2. The summed E-state index contributed by atoms with van der Waals surface area (Å²) < 4.78 is 24.7. The molecule has 40 heavy (non-hydrogen) atoms. The molecule has 0 unspecified atom stereocenters. The third-order valence-electron chi connectivity index (χ3n) is 6.56. The van der Waals surface area contributed by atoms with Gasteiger partial charge in [0.2, 0.25) is 0 Å². The van der Waals surface area contributed by atoms with Gasteiger partial charge in [0.05, 0.1) is 35.4 Å². The maximum atomic E-state index is 11.3. The number of sulfone groups is 1. The van der Waals surface area contributed by atoms with E-state index in [9.17, 15) is 8.42 Å². The van der Waals surface area contributed by atoms with E-state index in [0.717, 1.165) is 50.8 Å². The van der Waals surface area contributed by atoms with Gasteiger partial charge in [0.15, 0.2) is 5.13 Å². The topological polar surface area (TPSA) is 104 Å². The Morgan fingerprint density at radius 1 is 1.10 bits per heavy atom. The number of fused-ring (bicyclic) bond motifs is 2. The number of anilines is 2. The third kappa shape index (κ3) is 6.01. The van der Waals surface area contributed by atoms with Crippen molar-refractivity contribution in [3.63, 3.8) is 0 Å². The van der Waals surface area contributed by atoms with Crippen molar-refractivity contribution in [1.29, 1.82) is 0 Å². The van der Waals surface area contributed by atoms with Crippen LogP contribution in [0.15, 0.2) is 108 Å². The summed E-state index contributed by atoms with van der Waals surface area (Å²) in [4.78, 5) is 6.74. The van der Waals surface area contributed by atoms with Gasteiger partial charge in [-0.25, -0.2) is 13.4 Å². The number of hydrogen-bond donors (Lipinski definition) is 3. The molecule has 0 bridgehead atoms. The highest BCUT2D eigenvalue weighted by molar-refractivity contribution is 7.90. The predicted octanol–water partition coefficient (Wildman–Crippen LogP) is 4.33. The van der Waals surface area contributed by atoms with Crippen LogP contribution in [0.25, 0.3) is 10.9 Å². The summed E-state index contributed by atoms with van der Waals surface area (Å²) in [5, 5.41) is 18.5. The molecule has 0 aliphatic carbocycles. The molecule has 0 fully saturated rings. The minimum Gasteiger partial charge on any atom is -0.365 e. The van der Waals surface area contributed by atoms with Crippen LogP contribution in [0.4, 0.5) is 10.8 Å². The Bertz CT molecular complexity index is 1770. The Kier molecular flexibility index (Phi) is 7.25. The fourth-order valence-corrected chi connectivity index (χ4v) is 5.84. The van der Waals surface area contributed by atoms with Crippen molar-refractivity contribution in [3.8, 4) is 0 Å². The van der Waals surface area contributed by atoms with Crippen molar-refractivity contribution < 1.29 is 8.42 Å². The smallest absolute Gasteiger partial charge is 0.193 e. The van der Waals surface area contributed by atoms with Gasteiger partial charge in [-0.15, -0.1) is 11.3 Å². The number of aromatic nitrogens is 3. The monoisotopic (exact) mass is 571 g/mol. The van der Waals surface area contributed by atoms with Crippen molar-refractivity contribution in [1.82, 2.24) is 25.4 Å². The van der Waals surface area contributed by atoms with Gasteiger partial charge in [-0.05, 0) is 29.8 Å². The normalized spacial score (nSPS) is 14.8. The summed E-state index contributed by atoms with van der Waals surface area (Å²) in [5.74, 6) is 0.110. The number of nitrogens with one attached hydrogen (secondary N) is 3. The SMILES string of the molecule is CS(=O)(=O)CCNCc1csc(N2C=CC3=CNC=C(Nc4ccc5c(cnn5Cc5ccccc5)c4)C3=C2)n1. The maximum Gasteiger partial charge on any atom is 0.193 e. The summed E-state index contributed by atoms with van der Waals surface area (Å²) in [6, 6.07) is 16.6. The summed E-state index contributed by atoms with van der Waals surface area (Å²) in [7, 11) is -2.98. The Morgan fingerprint density at radius 3 is 2.83 bits per heavy atom. The zero-order chi connectivity index (χ0) is 27.5. The van der Waals surface area contributed by atoms with E-state index in [4.69, 9.17) is 4.98 Å². The molecule has 0 amide bonds. The van der Waals surface area contributed by atoms with Crippen LogP contribution in [0.2, 0.25) is 0 Å². The number of benzene rings is 2. The molecule has 6 rings (SSSR count). The molecular weight excluding hydrogens is 543 g/mol. The van der Waals surface area contributed by atoms with E-state index in [2.05, 4.69) is 63.7 Å². The average molecular weight is 572 g/mol. The Labute approximate surface area is 237 Å². The second-order valence-electron chi connectivity index (χ2n) is 9.70. The molecule has 11 heteroatoms. The molecule has 0 saturated carbocycles. The fourth-order valence-electron chi connectivity index (χ4n) is 4.55. The fraction of sp³-hybridized carbons (Fsp3) is 0.172. The summed E-state index contributed by atoms with van der Waals surface area (Å²) >= 11 is 1.54. The highest BCUT2D eigenvalue weighted by Crippen LogP contribution is 2.32. The molecule has 2 aromatic carbocycles. The zero-order valence-electron chi connectivity index (χ0n) is 21.9. The zero-order valence-corrected chi connectivity index (χ0v) is 23.5. The number of hydrogen-bond acceptors (Lipinski definition) is 9. The maximum absolute atomic E-state index is 11.3.